The van der Waals surface area contributed by atoms with Crippen LogP contribution in [-0.2, 0) is 6.42 Å². The molecule has 3 N–H and O–H groups in total. The van der Waals surface area contributed by atoms with Crippen molar-refractivity contribution in [3.63, 3.8) is 0 Å². The second-order valence-electron chi connectivity index (χ2n) is 3.95. The van der Waals surface area contributed by atoms with E-state index in [1.54, 1.807) is 13.3 Å². The highest BCUT2D eigenvalue weighted by atomic mass is 16.5. The summed E-state index contributed by atoms with van der Waals surface area (Å²) in [6.07, 6.45) is 1.24. The number of methoxy groups -OCH3 is 1. The lowest BCUT2D eigenvalue weighted by Crippen LogP contribution is -2.23. The quantitative estimate of drug-likeness (QED) is 0.767. The van der Waals surface area contributed by atoms with Crippen molar-refractivity contribution in [2.45, 2.75) is 6.42 Å². The van der Waals surface area contributed by atoms with Crippen LogP contribution < -0.4 is 10.1 Å². The SMILES string of the molecule is COc1ccc(-c2cnc(CCNC(=O)O)[nH]2)cc1. The zero-order valence-corrected chi connectivity index (χ0v) is 10.5. The van der Waals surface area contributed by atoms with E-state index >= 15 is 0 Å². The van der Waals surface area contributed by atoms with Crippen LogP contribution in [0.3, 0.4) is 0 Å². The summed E-state index contributed by atoms with van der Waals surface area (Å²) in [5, 5.41) is 10.8. The van der Waals surface area contributed by atoms with Crippen LogP contribution in [-0.4, -0.2) is 34.8 Å². The number of hydrogen-bond donors (Lipinski definition) is 3. The summed E-state index contributed by atoms with van der Waals surface area (Å²) in [5.74, 6) is 1.55. The smallest absolute Gasteiger partial charge is 0.404 e. The van der Waals surface area contributed by atoms with Crippen LogP contribution >= 0.6 is 0 Å². The van der Waals surface area contributed by atoms with Crippen molar-refractivity contribution in [1.82, 2.24) is 15.3 Å². The van der Waals surface area contributed by atoms with E-state index in [1.165, 1.54) is 0 Å². The largest absolute Gasteiger partial charge is 0.497 e. The number of nitrogens with one attached hydrogen (secondary N) is 2. The van der Waals surface area contributed by atoms with E-state index in [-0.39, 0.29) is 0 Å². The van der Waals surface area contributed by atoms with E-state index in [2.05, 4.69) is 15.3 Å². The molecule has 2 aromatic rings. The molecule has 1 aromatic carbocycles. The highest BCUT2D eigenvalue weighted by Crippen LogP contribution is 2.20. The Labute approximate surface area is 110 Å². The molecule has 1 amide bonds. The Balaban J connectivity index is 2.01. The molecule has 0 aliphatic carbocycles. The molecule has 0 spiro atoms. The number of rotatable bonds is 5. The van der Waals surface area contributed by atoms with Crippen LogP contribution in [0.5, 0.6) is 5.75 Å². The van der Waals surface area contributed by atoms with Gasteiger partial charge in [-0.1, -0.05) is 0 Å². The molecule has 100 valence electrons. The molecule has 0 atom stereocenters. The zero-order chi connectivity index (χ0) is 13.7. The molecule has 0 aliphatic heterocycles. The Hall–Kier alpha value is -2.50. The lowest BCUT2D eigenvalue weighted by molar-refractivity contribution is 0.194. The predicted octanol–water partition coefficient (Wildman–Crippen LogP) is 1.90. The highest BCUT2D eigenvalue weighted by molar-refractivity contribution is 5.64. The van der Waals surface area contributed by atoms with Gasteiger partial charge in [0, 0.05) is 13.0 Å². The second-order valence-corrected chi connectivity index (χ2v) is 3.95. The van der Waals surface area contributed by atoms with E-state index in [9.17, 15) is 4.79 Å². The van der Waals surface area contributed by atoms with Crippen molar-refractivity contribution in [2.75, 3.05) is 13.7 Å². The third-order valence-corrected chi connectivity index (χ3v) is 2.67. The van der Waals surface area contributed by atoms with Crippen LogP contribution in [0.1, 0.15) is 5.82 Å². The number of H-pyrrole nitrogens is 1. The number of ether oxygens (including phenoxy) is 1. The lowest BCUT2D eigenvalue weighted by Gasteiger charge is -2.01. The summed E-state index contributed by atoms with van der Waals surface area (Å²) in [4.78, 5) is 17.7. The summed E-state index contributed by atoms with van der Waals surface area (Å²) >= 11 is 0. The first-order valence-corrected chi connectivity index (χ1v) is 5.84. The molecule has 0 unspecified atom stereocenters. The van der Waals surface area contributed by atoms with Gasteiger partial charge in [-0.05, 0) is 29.8 Å². The van der Waals surface area contributed by atoms with Crippen molar-refractivity contribution < 1.29 is 14.6 Å². The Morgan fingerprint density at radius 2 is 2.16 bits per heavy atom. The van der Waals surface area contributed by atoms with Crippen LogP contribution in [0.2, 0.25) is 0 Å². The van der Waals surface area contributed by atoms with Crippen molar-refractivity contribution in [2.24, 2.45) is 0 Å². The molecule has 6 nitrogen and oxygen atoms in total. The van der Waals surface area contributed by atoms with Gasteiger partial charge in [0.1, 0.15) is 11.6 Å². The molecule has 0 fully saturated rings. The molecule has 19 heavy (non-hydrogen) atoms. The monoisotopic (exact) mass is 261 g/mol. The van der Waals surface area contributed by atoms with E-state index in [1.807, 2.05) is 24.3 Å². The third kappa shape index (κ3) is 3.48. The normalized spacial score (nSPS) is 10.2. The van der Waals surface area contributed by atoms with Gasteiger partial charge in [-0.2, -0.15) is 0 Å². The summed E-state index contributed by atoms with van der Waals surface area (Å²) in [6.45, 7) is 0.338. The fraction of sp³-hybridized carbons (Fsp3) is 0.231. The van der Waals surface area contributed by atoms with E-state index in [0.717, 1.165) is 22.8 Å². The van der Waals surface area contributed by atoms with Gasteiger partial charge in [0.05, 0.1) is 19.0 Å². The molecule has 6 heteroatoms. The van der Waals surface area contributed by atoms with Gasteiger partial charge in [0.25, 0.3) is 0 Å². The predicted molar refractivity (Wildman–Crippen MR) is 70.3 cm³/mol. The number of amides is 1. The van der Waals surface area contributed by atoms with Gasteiger partial charge in [-0.15, -0.1) is 0 Å². The first-order chi connectivity index (χ1) is 9.19. The van der Waals surface area contributed by atoms with Gasteiger partial charge < -0.3 is 20.1 Å². The van der Waals surface area contributed by atoms with Gasteiger partial charge in [0.2, 0.25) is 0 Å². The standard InChI is InChI=1S/C13H15N3O3/c1-19-10-4-2-9(3-5-10)11-8-15-12(16-11)6-7-14-13(17)18/h2-5,8,14H,6-7H2,1H3,(H,15,16)(H,17,18). The Bertz CT molecular complexity index is 549. The van der Waals surface area contributed by atoms with Crippen LogP contribution in [0.4, 0.5) is 4.79 Å². The van der Waals surface area contributed by atoms with Gasteiger partial charge in [-0.25, -0.2) is 9.78 Å². The molecule has 0 bridgehead atoms. The number of hydrogen-bond acceptors (Lipinski definition) is 3. The number of carbonyl (C=O) groups is 1. The lowest BCUT2D eigenvalue weighted by atomic mass is 10.2. The maximum Gasteiger partial charge on any atom is 0.404 e. The topological polar surface area (TPSA) is 87.2 Å². The molecule has 1 heterocycles. The zero-order valence-electron chi connectivity index (χ0n) is 10.5. The molecule has 0 saturated carbocycles. The Kier molecular flexibility index (Phi) is 4.02. The van der Waals surface area contributed by atoms with Crippen LogP contribution in [0, 0.1) is 0 Å². The Morgan fingerprint density at radius 1 is 1.42 bits per heavy atom. The van der Waals surface area contributed by atoms with Gasteiger partial charge >= 0.3 is 6.09 Å². The number of carboxylic acid groups (broad SMARTS) is 1. The summed E-state index contributed by atoms with van der Waals surface area (Å²) in [6, 6.07) is 7.63. The number of benzene rings is 1. The molecular formula is C13H15N3O3. The van der Waals surface area contributed by atoms with Crippen molar-refractivity contribution in [3.8, 4) is 17.0 Å². The van der Waals surface area contributed by atoms with E-state index in [4.69, 9.17) is 9.84 Å². The Morgan fingerprint density at radius 3 is 2.79 bits per heavy atom. The summed E-state index contributed by atoms with van der Waals surface area (Å²) in [5.41, 5.74) is 1.90. The molecule has 0 aliphatic rings. The second kappa shape index (κ2) is 5.90. The first kappa shape index (κ1) is 12.9. The average Bonchev–Trinajstić information content (AvgIpc) is 2.87. The van der Waals surface area contributed by atoms with E-state index in [0.29, 0.717) is 13.0 Å². The average molecular weight is 261 g/mol. The van der Waals surface area contributed by atoms with Gasteiger partial charge in [0.15, 0.2) is 0 Å². The van der Waals surface area contributed by atoms with Crippen molar-refractivity contribution >= 4 is 6.09 Å². The van der Waals surface area contributed by atoms with Crippen molar-refractivity contribution in [3.05, 3.63) is 36.3 Å². The number of imidazole rings is 1. The maximum atomic E-state index is 10.3. The van der Waals surface area contributed by atoms with E-state index < -0.39 is 6.09 Å². The van der Waals surface area contributed by atoms with Crippen LogP contribution in [0.15, 0.2) is 30.5 Å². The molecular weight excluding hydrogens is 246 g/mol. The molecule has 1 aromatic heterocycles. The minimum atomic E-state index is -1.03. The maximum absolute atomic E-state index is 10.3. The molecule has 2 rings (SSSR count). The van der Waals surface area contributed by atoms with Crippen LogP contribution in [0.25, 0.3) is 11.3 Å². The summed E-state index contributed by atoms with van der Waals surface area (Å²) in [7, 11) is 1.62. The number of aromatic amines is 1. The fourth-order valence-electron chi connectivity index (χ4n) is 1.69. The summed E-state index contributed by atoms with van der Waals surface area (Å²) < 4.78 is 5.10. The first-order valence-electron chi connectivity index (χ1n) is 5.84. The number of aromatic nitrogens is 2. The molecule has 0 radical (unpaired) electrons. The van der Waals surface area contributed by atoms with Crippen molar-refractivity contribution in [1.29, 1.82) is 0 Å². The third-order valence-electron chi connectivity index (χ3n) is 2.67. The number of nitrogens with zero attached hydrogens (tertiary/aromatic N) is 1. The fourth-order valence-corrected chi connectivity index (χ4v) is 1.69. The highest BCUT2D eigenvalue weighted by Gasteiger charge is 2.04. The van der Waals surface area contributed by atoms with Gasteiger partial charge in [-0.3, -0.25) is 0 Å². The minimum Gasteiger partial charge on any atom is -0.497 e. The molecule has 0 saturated heterocycles. The minimum absolute atomic E-state index is 0.338.